The van der Waals surface area contributed by atoms with E-state index in [1.54, 1.807) is 17.0 Å². The number of carbonyl (C=O) groups excluding carboxylic acids is 1. The number of aryl methyl sites for hydroxylation is 2. The fourth-order valence-corrected chi connectivity index (χ4v) is 3.57. The van der Waals surface area contributed by atoms with Crippen LogP contribution in [0.15, 0.2) is 42.5 Å². The standard InChI is InChI=1S/C21H23N3O2/c1-15-9-10-16(14-22)13-19(15)23-21(26)24(11-12-25)20-8-4-6-17-5-2-3-7-18(17)20/h2-3,5,7,9-10,13,20,25H,4,6,8,11-12H2,1H3,(H,23,26). The predicted octanol–water partition coefficient (Wildman–Crippen LogP) is 3.77. The van der Waals surface area contributed by atoms with Crippen molar-refractivity contribution in [2.75, 3.05) is 18.5 Å². The number of aliphatic hydroxyl groups excluding tert-OH is 1. The van der Waals surface area contributed by atoms with E-state index >= 15 is 0 Å². The van der Waals surface area contributed by atoms with Crippen LogP contribution in [0.5, 0.6) is 0 Å². The summed E-state index contributed by atoms with van der Waals surface area (Å²) in [6.07, 6.45) is 2.91. The zero-order valence-electron chi connectivity index (χ0n) is 14.9. The molecule has 26 heavy (non-hydrogen) atoms. The average Bonchev–Trinajstić information content (AvgIpc) is 2.67. The molecule has 2 aromatic carbocycles. The van der Waals surface area contributed by atoms with Gasteiger partial charge in [-0.2, -0.15) is 5.26 Å². The van der Waals surface area contributed by atoms with Gasteiger partial charge in [0.05, 0.1) is 24.3 Å². The van der Waals surface area contributed by atoms with E-state index in [0.717, 1.165) is 30.4 Å². The highest BCUT2D eigenvalue weighted by Crippen LogP contribution is 2.34. The third kappa shape index (κ3) is 3.71. The summed E-state index contributed by atoms with van der Waals surface area (Å²) >= 11 is 0. The normalized spacial score (nSPS) is 15.7. The lowest BCUT2D eigenvalue weighted by Crippen LogP contribution is -2.41. The number of nitrogens with one attached hydrogen (secondary N) is 1. The summed E-state index contributed by atoms with van der Waals surface area (Å²) in [6, 6.07) is 15.2. The van der Waals surface area contributed by atoms with Crippen LogP contribution in [-0.2, 0) is 6.42 Å². The molecule has 0 aromatic heterocycles. The number of fused-ring (bicyclic) bond motifs is 1. The molecule has 3 rings (SSSR count). The van der Waals surface area contributed by atoms with Crippen molar-refractivity contribution in [2.24, 2.45) is 0 Å². The molecule has 0 aliphatic heterocycles. The molecule has 5 heteroatoms. The molecule has 0 radical (unpaired) electrons. The number of anilines is 1. The van der Waals surface area contributed by atoms with Crippen LogP contribution in [0.1, 0.15) is 41.1 Å². The average molecular weight is 349 g/mol. The summed E-state index contributed by atoms with van der Waals surface area (Å²) < 4.78 is 0. The van der Waals surface area contributed by atoms with E-state index in [1.165, 1.54) is 5.56 Å². The van der Waals surface area contributed by atoms with Gasteiger partial charge in [-0.15, -0.1) is 0 Å². The number of aliphatic hydroxyl groups is 1. The molecule has 0 heterocycles. The second-order valence-corrected chi connectivity index (χ2v) is 6.60. The molecule has 0 fully saturated rings. The Morgan fingerprint density at radius 3 is 2.92 bits per heavy atom. The lowest BCUT2D eigenvalue weighted by atomic mass is 9.87. The van der Waals surface area contributed by atoms with Gasteiger partial charge in [0.15, 0.2) is 0 Å². The molecule has 2 aromatic rings. The van der Waals surface area contributed by atoms with Gasteiger partial charge < -0.3 is 15.3 Å². The summed E-state index contributed by atoms with van der Waals surface area (Å²) in [5.41, 5.74) is 4.45. The monoisotopic (exact) mass is 349 g/mol. The van der Waals surface area contributed by atoms with Gasteiger partial charge in [0.25, 0.3) is 0 Å². The van der Waals surface area contributed by atoms with Gasteiger partial charge in [-0.25, -0.2) is 4.79 Å². The highest BCUT2D eigenvalue weighted by molar-refractivity contribution is 5.90. The first-order chi connectivity index (χ1) is 12.6. The van der Waals surface area contributed by atoms with Gasteiger partial charge in [-0.1, -0.05) is 30.3 Å². The summed E-state index contributed by atoms with van der Waals surface area (Å²) in [5.74, 6) is 0. The van der Waals surface area contributed by atoms with Crippen molar-refractivity contribution in [1.82, 2.24) is 4.90 Å². The molecule has 1 aliphatic carbocycles. The van der Waals surface area contributed by atoms with Gasteiger partial charge in [0, 0.05) is 12.2 Å². The van der Waals surface area contributed by atoms with Crippen LogP contribution in [0.2, 0.25) is 0 Å². The van der Waals surface area contributed by atoms with E-state index in [1.807, 2.05) is 25.1 Å². The molecule has 0 saturated carbocycles. The SMILES string of the molecule is Cc1ccc(C#N)cc1NC(=O)N(CCO)C1CCCc2ccccc21. The molecule has 0 bridgehead atoms. The number of hydrogen-bond acceptors (Lipinski definition) is 3. The molecule has 2 N–H and O–H groups in total. The van der Waals surface area contributed by atoms with Crippen molar-refractivity contribution in [1.29, 1.82) is 5.26 Å². The molecular weight excluding hydrogens is 326 g/mol. The number of nitriles is 1. The van der Waals surface area contributed by atoms with E-state index in [4.69, 9.17) is 5.26 Å². The molecular formula is C21H23N3O2. The number of amides is 2. The van der Waals surface area contributed by atoms with Crippen molar-refractivity contribution >= 4 is 11.7 Å². The van der Waals surface area contributed by atoms with E-state index < -0.39 is 0 Å². The second kappa shape index (κ2) is 8.03. The summed E-state index contributed by atoms with van der Waals surface area (Å²) in [5, 5.41) is 21.5. The molecule has 5 nitrogen and oxygen atoms in total. The van der Waals surface area contributed by atoms with E-state index in [0.29, 0.717) is 11.3 Å². The fraction of sp³-hybridized carbons (Fsp3) is 0.333. The Hall–Kier alpha value is -2.84. The minimum absolute atomic E-state index is 0.0495. The van der Waals surface area contributed by atoms with Crippen molar-refractivity contribution < 1.29 is 9.90 Å². The molecule has 1 aliphatic rings. The lowest BCUT2D eigenvalue weighted by molar-refractivity contribution is 0.155. The van der Waals surface area contributed by atoms with Gasteiger partial charge >= 0.3 is 6.03 Å². The maximum absolute atomic E-state index is 13.0. The number of urea groups is 1. The highest BCUT2D eigenvalue weighted by atomic mass is 16.3. The quantitative estimate of drug-likeness (QED) is 0.882. The first kappa shape index (κ1) is 18.0. The minimum Gasteiger partial charge on any atom is -0.395 e. The second-order valence-electron chi connectivity index (χ2n) is 6.60. The van der Waals surface area contributed by atoms with Crippen LogP contribution >= 0.6 is 0 Å². The summed E-state index contributed by atoms with van der Waals surface area (Å²) in [6.45, 7) is 2.06. The first-order valence-corrected chi connectivity index (χ1v) is 8.91. The third-order valence-corrected chi connectivity index (χ3v) is 4.92. The fourth-order valence-electron chi connectivity index (χ4n) is 3.57. The van der Waals surface area contributed by atoms with Crippen LogP contribution in [0.25, 0.3) is 0 Å². The maximum Gasteiger partial charge on any atom is 0.322 e. The number of carbonyl (C=O) groups is 1. The molecule has 134 valence electrons. The number of hydrogen-bond donors (Lipinski definition) is 2. The topological polar surface area (TPSA) is 76.4 Å². The van der Waals surface area contributed by atoms with Gasteiger partial charge in [-0.3, -0.25) is 0 Å². The Morgan fingerprint density at radius 1 is 1.35 bits per heavy atom. The van der Waals surface area contributed by atoms with Crippen molar-refractivity contribution in [3.8, 4) is 6.07 Å². The Balaban J connectivity index is 1.87. The Labute approximate surface area is 153 Å². The van der Waals surface area contributed by atoms with Crippen molar-refractivity contribution in [2.45, 2.75) is 32.2 Å². The van der Waals surface area contributed by atoms with Gasteiger partial charge in [-0.05, 0) is 55.0 Å². The van der Waals surface area contributed by atoms with Crippen molar-refractivity contribution in [3.63, 3.8) is 0 Å². The molecule has 0 saturated heterocycles. The smallest absolute Gasteiger partial charge is 0.322 e. The summed E-state index contributed by atoms with van der Waals surface area (Å²) in [4.78, 5) is 14.7. The zero-order chi connectivity index (χ0) is 18.5. The van der Waals surface area contributed by atoms with Crippen LogP contribution in [0.4, 0.5) is 10.5 Å². The van der Waals surface area contributed by atoms with Crippen LogP contribution < -0.4 is 5.32 Å². The van der Waals surface area contributed by atoms with Gasteiger partial charge in [0.1, 0.15) is 0 Å². The van der Waals surface area contributed by atoms with E-state index in [9.17, 15) is 9.90 Å². The first-order valence-electron chi connectivity index (χ1n) is 8.91. The number of benzene rings is 2. The van der Waals surface area contributed by atoms with E-state index in [2.05, 4.69) is 23.5 Å². The summed E-state index contributed by atoms with van der Waals surface area (Å²) in [7, 11) is 0. The van der Waals surface area contributed by atoms with E-state index in [-0.39, 0.29) is 25.2 Å². The third-order valence-electron chi connectivity index (χ3n) is 4.92. The Morgan fingerprint density at radius 2 is 2.15 bits per heavy atom. The minimum atomic E-state index is -0.251. The molecule has 1 atom stereocenters. The van der Waals surface area contributed by atoms with Crippen molar-refractivity contribution in [3.05, 3.63) is 64.7 Å². The number of nitrogens with zero attached hydrogens (tertiary/aromatic N) is 2. The predicted molar refractivity (Wildman–Crippen MR) is 101 cm³/mol. The Bertz CT molecular complexity index is 841. The van der Waals surface area contributed by atoms with Crippen LogP contribution in [0.3, 0.4) is 0 Å². The lowest BCUT2D eigenvalue weighted by Gasteiger charge is -2.35. The molecule has 0 spiro atoms. The largest absolute Gasteiger partial charge is 0.395 e. The van der Waals surface area contributed by atoms with Crippen LogP contribution in [-0.4, -0.2) is 29.2 Å². The highest BCUT2D eigenvalue weighted by Gasteiger charge is 2.29. The molecule has 1 unspecified atom stereocenters. The number of rotatable bonds is 4. The maximum atomic E-state index is 13.0. The Kier molecular flexibility index (Phi) is 5.55. The zero-order valence-corrected chi connectivity index (χ0v) is 14.9. The van der Waals surface area contributed by atoms with Gasteiger partial charge in [0.2, 0.25) is 0 Å². The van der Waals surface area contributed by atoms with Crippen LogP contribution in [0, 0.1) is 18.3 Å². The molecule has 2 amide bonds.